The highest BCUT2D eigenvalue weighted by molar-refractivity contribution is 6.02. The Hall–Kier alpha value is -2.44. The second-order valence-corrected chi connectivity index (χ2v) is 5.84. The Morgan fingerprint density at radius 2 is 1.87 bits per heavy atom. The van der Waals surface area contributed by atoms with E-state index in [2.05, 4.69) is 25.3 Å². The summed E-state index contributed by atoms with van der Waals surface area (Å²) < 4.78 is 4.95. The fraction of sp³-hybridized carbons (Fsp3) is 0.500. The van der Waals surface area contributed by atoms with Gasteiger partial charge in [-0.2, -0.15) is 0 Å². The lowest BCUT2D eigenvalue weighted by Crippen LogP contribution is -2.26. The number of hydrogen-bond acceptors (Lipinski definition) is 6. The summed E-state index contributed by atoms with van der Waals surface area (Å²) in [5.41, 5.74) is 0.345. The predicted molar refractivity (Wildman–Crippen MR) is 86.6 cm³/mol. The molecule has 2 aromatic heterocycles. The van der Waals surface area contributed by atoms with Gasteiger partial charge in [-0.15, -0.1) is 0 Å². The summed E-state index contributed by atoms with van der Waals surface area (Å²) >= 11 is 0. The van der Waals surface area contributed by atoms with E-state index >= 15 is 0 Å². The van der Waals surface area contributed by atoms with Crippen LogP contribution in [0.4, 0.5) is 11.6 Å². The van der Waals surface area contributed by atoms with Crippen LogP contribution in [0.3, 0.4) is 0 Å². The zero-order valence-corrected chi connectivity index (χ0v) is 13.5. The van der Waals surface area contributed by atoms with E-state index in [0.717, 1.165) is 31.7 Å². The lowest BCUT2D eigenvalue weighted by molar-refractivity contribution is 0.102. The van der Waals surface area contributed by atoms with Crippen LogP contribution in [-0.2, 0) is 0 Å². The molecule has 0 saturated carbocycles. The van der Waals surface area contributed by atoms with Crippen molar-refractivity contribution in [1.82, 2.24) is 15.1 Å². The van der Waals surface area contributed by atoms with Crippen LogP contribution in [-0.4, -0.2) is 34.1 Å². The molecule has 122 valence electrons. The Balaban J connectivity index is 1.80. The molecule has 0 unspecified atom stereocenters. The lowest BCUT2D eigenvalue weighted by atomic mass is 10.2. The fourth-order valence-corrected chi connectivity index (χ4v) is 2.74. The number of amides is 1. The van der Waals surface area contributed by atoms with Crippen LogP contribution in [0.15, 0.2) is 16.7 Å². The Labute approximate surface area is 135 Å². The molecular weight excluding hydrogens is 294 g/mol. The van der Waals surface area contributed by atoms with Gasteiger partial charge in [-0.1, -0.05) is 18.0 Å². The first-order valence-electron chi connectivity index (χ1n) is 7.97. The third-order valence-corrected chi connectivity index (χ3v) is 3.86. The van der Waals surface area contributed by atoms with Crippen LogP contribution >= 0.6 is 0 Å². The van der Waals surface area contributed by atoms with Gasteiger partial charge in [0.25, 0.3) is 5.91 Å². The number of aryl methyl sites for hydroxylation is 2. The predicted octanol–water partition coefficient (Wildman–Crippen LogP) is 2.71. The monoisotopic (exact) mass is 315 g/mol. The van der Waals surface area contributed by atoms with Crippen molar-refractivity contribution >= 4 is 17.5 Å². The summed E-state index contributed by atoms with van der Waals surface area (Å²) in [6, 6.07) is 3.42. The van der Waals surface area contributed by atoms with Crippen molar-refractivity contribution in [3.05, 3.63) is 29.4 Å². The number of hydrogen-bond donors (Lipinski definition) is 1. The highest BCUT2D eigenvalue weighted by Gasteiger charge is 2.17. The van der Waals surface area contributed by atoms with Gasteiger partial charge in [-0.05, 0) is 26.7 Å². The van der Waals surface area contributed by atoms with Crippen molar-refractivity contribution < 1.29 is 9.32 Å². The number of nitrogens with one attached hydrogen (secondary N) is 1. The Morgan fingerprint density at radius 1 is 1.13 bits per heavy atom. The number of nitrogens with zero attached hydrogens (tertiary/aromatic N) is 4. The van der Waals surface area contributed by atoms with E-state index < -0.39 is 0 Å². The third kappa shape index (κ3) is 3.85. The Kier molecular flexibility index (Phi) is 4.55. The minimum absolute atomic E-state index is 0.306. The summed E-state index contributed by atoms with van der Waals surface area (Å²) in [4.78, 5) is 23.4. The molecule has 0 atom stereocenters. The number of carbonyl (C=O) groups is 1. The molecule has 0 spiro atoms. The standard InChI is InChI=1S/C16H21N5O2/c1-11-9-14(20-23-11)19-16(22)13-10-15(18-12(2)17-13)21-7-5-3-4-6-8-21/h9-10H,3-8H2,1-2H3,(H,19,20,22). The smallest absolute Gasteiger partial charge is 0.275 e. The molecule has 23 heavy (non-hydrogen) atoms. The molecule has 1 saturated heterocycles. The average Bonchev–Trinajstić information content (AvgIpc) is 2.77. The van der Waals surface area contributed by atoms with E-state index in [4.69, 9.17) is 4.52 Å². The zero-order chi connectivity index (χ0) is 16.2. The molecule has 1 aliphatic rings. The van der Waals surface area contributed by atoms with Crippen LogP contribution in [0, 0.1) is 13.8 Å². The minimum Gasteiger partial charge on any atom is -0.360 e. The van der Waals surface area contributed by atoms with Crippen LogP contribution in [0.1, 0.15) is 47.8 Å². The first-order valence-corrected chi connectivity index (χ1v) is 7.97. The number of anilines is 2. The normalized spacial score (nSPS) is 15.3. The van der Waals surface area contributed by atoms with Crippen LogP contribution in [0.25, 0.3) is 0 Å². The van der Waals surface area contributed by atoms with Gasteiger partial charge in [-0.25, -0.2) is 9.97 Å². The van der Waals surface area contributed by atoms with Gasteiger partial charge < -0.3 is 14.7 Å². The number of carbonyl (C=O) groups excluding carboxylic acids is 1. The van der Waals surface area contributed by atoms with E-state index in [1.54, 1.807) is 26.0 Å². The molecule has 0 bridgehead atoms. The molecule has 3 heterocycles. The molecule has 3 rings (SSSR count). The van der Waals surface area contributed by atoms with Crippen LogP contribution in [0.2, 0.25) is 0 Å². The lowest BCUT2D eigenvalue weighted by Gasteiger charge is -2.22. The van der Waals surface area contributed by atoms with Crippen molar-refractivity contribution in [1.29, 1.82) is 0 Å². The molecule has 1 N–H and O–H groups in total. The highest BCUT2D eigenvalue weighted by Crippen LogP contribution is 2.19. The second-order valence-electron chi connectivity index (χ2n) is 5.84. The average molecular weight is 315 g/mol. The molecule has 7 heteroatoms. The highest BCUT2D eigenvalue weighted by atomic mass is 16.5. The number of rotatable bonds is 3. The fourth-order valence-electron chi connectivity index (χ4n) is 2.74. The molecule has 1 fully saturated rings. The SMILES string of the molecule is Cc1nc(C(=O)Nc2cc(C)on2)cc(N2CCCCCC2)n1. The molecular formula is C16H21N5O2. The van der Waals surface area contributed by atoms with Gasteiger partial charge in [-0.3, -0.25) is 4.79 Å². The summed E-state index contributed by atoms with van der Waals surface area (Å²) in [6.07, 6.45) is 4.81. The van der Waals surface area contributed by atoms with Crippen molar-refractivity contribution in [2.75, 3.05) is 23.3 Å². The van der Waals surface area contributed by atoms with Crippen LogP contribution in [0.5, 0.6) is 0 Å². The van der Waals surface area contributed by atoms with E-state index in [-0.39, 0.29) is 5.91 Å². The van der Waals surface area contributed by atoms with Gasteiger partial charge in [0.2, 0.25) is 0 Å². The maximum Gasteiger partial charge on any atom is 0.275 e. The Morgan fingerprint density at radius 3 is 2.52 bits per heavy atom. The quantitative estimate of drug-likeness (QED) is 0.937. The maximum atomic E-state index is 12.4. The van der Waals surface area contributed by atoms with Crippen molar-refractivity contribution in [3.8, 4) is 0 Å². The number of aromatic nitrogens is 3. The maximum absolute atomic E-state index is 12.4. The second kappa shape index (κ2) is 6.76. The molecule has 1 amide bonds. The molecule has 1 aliphatic heterocycles. The van der Waals surface area contributed by atoms with E-state index in [9.17, 15) is 4.79 Å². The van der Waals surface area contributed by atoms with Crippen molar-refractivity contribution in [2.24, 2.45) is 0 Å². The van der Waals surface area contributed by atoms with Crippen molar-refractivity contribution in [2.45, 2.75) is 39.5 Å². The molecule has 0 radical (unpaired) electrons. The van der Waals surface area contributed by atoms with Gasteiger partial charge in [0.05, 0.1) is 0 Å². The minimum atomic E-state index is -0.306. The largest absolute Gasteiger partial charge is 0.360 e. The molecule has 0 aliphatic carbocycles. The molecule has 2 aromatic rings. The van der Waals surface area contributed by atoms with Crippen molar-refractivity contribution in [3.63, 3.8) is 0 Å². The Bertz CT molecular complexity index is 690. The summed E-state index contributed by atoms with van der Waals surface area (Å²) in [6.45, 7) is 5.52. The molecule has 0 aromatic carbocycles. The molecule has 7 nitrogen and oxygen atoms in total. The first-order chi connectivity index (χ1) is 11.1. The third-order valence-electron chi connectivity index (χ3n) is 3.86. The van der Waals surface area contributed by atoms with Gasteiger partial charge >= 0.3 is 0 Å². The van der Waals surface area contributed by atoms with E-state index in [1.165, 1.54) is 12.8 Å². The topological polar surface area (TPSA) is 84.2 Å². The van der Waals surface area contributed by atoms with Crippen LogP contribution < -0.4 is 10.2 Å². The van der Waals surface area contributed by atoms with Gasteiger partial charge in [0, 0.05) is 25.2 Å². The van der Waals surface area contributed by atoms with Gasteiger partial charge in [0.1, 0.15) is 23.1 Å². The van der Waals surface area contributed by atoms with Gasteiger partial charge in [0.15, 0.2) is 5.82 Å². The van der Waals surface area contributed by atoms with E-state index in [1.807, 2.05) is 0 Å². The zero-order valence-electron chi connectivity index (χ0n) is 13.5. The first kappa shape index (κ1) is 15.5. The summed E-state index contributed by atoms with van der Waals surface area (Å²) in [7, 11) is 0. The summed E-state index contributed by atoms with van der Waals surface area (Å²) in [5.74, 6) is 2.14. The van der Waals surface area contributed by atoms with E-state index in [0.29, 0.717) is 23.1 Å². The summed E-state index contributed by atoms with van der Waals surface area (Å²) in [5, 5.41) is 6.46.